The van der Waals surface area contributed by atoms with Gasteiger partial charge in [-0.25, -0.2) is 0 Å². The van der Waals surface area contributed by atoms with Gasteiger partial charge in [-0.15, -0.1) is 0 Å². The van der Waals surface area contributed by atoms with Crippen LogP contribution in [0.2, 0.25) is 10.0 Å². The van der Waals surface area contributed by atoms with Crippen LogP contribution in [0, 0.1) is 13.8 Å². The Hall–Kier alpha value is -1.46. The van der Waals surface area contributed by atoms with Crippen molar-refractivity contribution in [3.8, 4) is 11.5 Å². The zero-order valence-corrected chi connectivity index (χ0v) is 17.2. The highest BCUT2D eigenvalue weighted by atomic mass is 35.5. The minimum absolute atomic E-state index is 0.117. The van der Waals surface area contributed by atoms with E-state index < -0.39 is 0 Å². The highest BCUT2D eigenvalue weighted by Crippen LogP contribution is 2.31. The van der Waals surface area contributed by atoms with E-state index in [1.54, 1.807) is 12.1 Å². The first-order valence-corrected chi connectivity index (χ1v) is 9.27. The summed E-state index contributed by atoms with van der Waals surface area (Å²) < 4.78 is 0. The second-order valence-corrected chi connectivity index (χ2v) is 7.62. The SMILES string of the molecule is Cc1ccc(O)c(Cl)c1CN(C)CCN(C)Cc1c(C)ccc(O)c1Cl. The standard InChI is InChI=1S/C20H26Cl2N2O2/c1-13-5-7-17(25)19(21)15(13)11-23(3)9-10-24(4)12-16-14(2)6-8-18(26)20(16)22/h5-8,25-26H,9-12H2,1-4H3. The molecule has 2 aromatic carbocycles. The fourth-order valence-electron chi connectivity index (χ4n) is 2.84. The van der Waals surface area contributed by atoms with Crippen molar-refractivity contribution < 1.29 is 10.2 Å². The third-order valence-electron chi connectivity index (χ3n) is 4.63. The Balaban J connectivity index is 1.95. The van der Waals surface area contributed by atoms with Crippen LogP contribution in [0.15, 0.2) is 24.3 Å². The molecule has 4 nitrogen and oxygen atoms in total. The number of phenolic OH excluding ortho intramolecular Hbond substituents is 2. The van der Waals surface area contributed by atoms with Gasteiger partial charge < -0.3 is 20.0 Å². The summed E-state index contributed by atoms with van der Waals surface area (Å²) in [6.07, 6.45) is 0. The summed E-state index contributed by atoms with van der Waals surface area (Å²) in [6.45, 7) is 6.98. The predicted molar refractivity (Wildman–Crippen MR) is 108 cm³/mol. The summed E-state index contributed by atoms with van der Waals surface area (Å²) in [6, 6.07) is 7.00. The summed E-state index contributed by atoms with van der Waals surface area (Å²) >= 11 is 12.5. The van der Waals surface area contributed by atoms with Gasteiger partial charge in [0.1, 0.15) is 11.5 Å². The zero-order valence-electron chi connectivity index (χ0n) is 15.7. The number of aromatic hydroxyl groups is 2. The molecule has 2 rings (SSSR count). The molecule has 0 heterocycles. The number of halogens is 2. The average molecular weight is 397 g/mol. The molecule has 0 radical (unpaired) electrons. The maximum absolute atomic E-state index is 9.80. The molecule has 0 saturated heterocycles. The van der Waals surface area contributed by atoms with Crippen LogP contribution in [0.25, 0.3) is 0 Å². The number of phenols is 2. The monoisotopic (exact) mass is 396 g/mol. The molecule has 2 N–H and O–H groups in total. The largest absolute Gasteiger partial charge is 0.506 e. The Kier molecular flexibility index (Phi) is 7.18. The Morgan fingerprint density at radius 2 is 1.08 bits per heavy atom. The summed E-state index contributed by atoms with van der Waals surface area (Å²) in [7, 11) is 4.06. The lowest BCUT2D eigenvalue weighted by Crippen LogP contribution is -2.30. The first kappa shape index (κ1) is 20.8. The number of likely N-dealkylation sites (N-methyl/N-ethyl adjacent to an activating group) is 2. The van der Waals surface area contributed by atoms with Crippen molar-refractivity contribution in [3.63, 3.8) is 0 Å². The lowest BCUT2D eigenvalue weighted by molar-refractivity contribution is 0.246. The lowest BCUT2D eigenvalue weighted by Gasteiger charge is -2.24. The highest BCUT2D eigenvalue weighted by Gasteiger charge is 2.14. The van der Waals surface area contributed by atoms with Gasteiger partial charge in [0.05, 0.1) is 10.0 Å². The number of hydrogen-bond donors (Lipinski definition) is 2. The van der Waals surface area contributed by atoms with Crippen LogP contribution in [-0.2, 0) is 13.1 Å². The quantitative estimate of drug-likeness (QED) is 0.718. The molecule has 0 aliphatic heterocycles. The second kappa shape index (κ2) is 8.96. The molecule has 0 amide bonds. The van der Waals surface area contributed by atoms with E-state index in [1.165, 1.54) is 0 Å². The van der Waals surface area contributed by atoms with Crippen LogP contribution in [0.1, 0.15) is 22.3 Å². The van der Waals surface area contributed by atoms with Gasteiger partial charge in [0, 0.05) is 26.2 Å². The molecular formula is C20H26Cl2N2O2. The Labute approximate surface area is 165 Å². The van der Waals surface area contributed by atoms with Crippen LogP contribution in [0.5, 0.6) is 11.5 Å². The van der Waals surface area contributed by atoms with E-state index in [1.807, 2.05) is 40.1 Å². The van der Waals surface area contributed by atoms with E-state index in [4.69, 9.17) is 23.2 Å². The first-order valence-electron chi connectivity index (χ1n) is 8.51. The number of aryl methyl sites for hydroxylation is 2. The van der Waals surface area contributed by atoms with E-state index in [0.717, 1.165) is 35.3 Å². The van der Waals surface area contributed by atoms with Gasteiger partial charge in [-0.1, -0.05) is 35.3 Å². The molecule has 0 unspecified atom stereocenters. The van der Waals surface area contributed by atoms with Crippen molar-refractivity contribution in [2.45, 2.75) is 26.9 Å². The van der Waals surface area contributed by atoms with Gasteiger partial charge in [0.25, 0.3) is 0 Å². The third-order valence-corrected chi connectivity index (χ3v) is 5.48. The molecule has 0 aromatic heterocycles. The van der Waals surface area contributed by atoms with Crippen LogP contribution in [0.3, 0.4) is 0 Å². The van der Waals surface area contributed by atoms with E-state index in [9.17, 15) is 10.2 Å². The van der Waals surface area contributed by atoms with Gasteiger partial charge >= 0.3 is 0 Å². The molecule has 0 aliphatic rings. The van der Waals surface area contributed by atoms with Crippen molar-refractivity contribution in [2.24, 2.45) is 0 Å². The van der Waals surface area contributed by atoms with Gasteiger partial charge in [-0.2, -0.15) is 0 Å². The van der Waals surface area contributed by atoms with Crippen molar-refractivity contribution in [1.29, 1.82) is 0 Å². The molecule has 142 valence electrons. The predicted octanol–water partition coefficient (Wildman–Crippen LogP) is 4.59. The Morgan fingerprint density at radius 3 is 1.42 bits per heavy atom. The van der Waals surface area contributed by atoms with Crippen molar-refractivity contribution >= 4 is 23.2 Å². The minimum Gasteiger partial charge on any atom is -0.506 e. The average Bonchev–Trinajstić information content (AvgIpc) is 2.60. The van der Waals surface area contributed by atoms with Crippen LogP contribution >= 0.6 is 23.2 Å². The van der Waals surface area contributed by atoms with Gasteiger partial charge in [-0.3, -0.25) is 0 Å². The smallest absolute Gasteiger partial charge is 0.134 e. The topological polar surface area (TPSA) is 46.9 Å². The maximum atomic E-state index is 9.80. The van der Waals surface area contributed by atoms with E-state index >= 15 is 0 Å². The van der Waals surface area contributed by atoms with Crippen LogP contribution in [0.4, 0.5) is 0 Å². The molecule has 26 heavy (non-hydrogen) atoms. The molecule has 0 atom stereocenters. The Morgan fingerprint density at radius 1 is 0.731 bits per heavy atom. The van der Waals surface area contributed by atoms with Crippen LogP contribution < -0.4 is 0 Å². The van der Waals surface area contributed by atoms with Crippen molar-refractivity contribution in [2.75, 3.05) is 27.2 Å². The number of nitrogens with zero attached hydrogens (tertiary/aromatic N) is 2. The third kappa shape index (κ3) is 5.04. The summed E-state index contributed by atoms with van der Waals surface area (Å²) in [5.41, 5.74) is 4.03. The van der Waals surface area contributed by atoms with Gasteiger partial charge in [-0.05, 0) is 62.3 Å². The number of hydrogen-bond acceptors (Lipinski definition) is 4. The van der Waals surface area contributed by atoms with Gasteiger partial charge in [0.2, 0.25) is 0 Å². The Bertz CT molecular complexity index is 715. The fraction of sp³-hybridized carbons (Fsp3) is 0.400. The first-order chi connectivity index (χ1) is 12.2. The van der Waals surface area contributed by atoms with Gasteiger partial charge in [0.15, 0.2) is 0 Å². The fourth-order valence-corrected chi connectivity index (χ4v) is 3.38. The molecule has 0 bridgehead atoms. The van der Waals surface area contributed by atoms with E-state index in [-0.39, 0.29) is 11.5 Å². The molecule has 6 heteroatoms. The van der Waals surface area contributed by atoms with E-state index in [2.05, 4.69) is 9.80 Å². The molecule has 0 fully saturated rings. The molecule has 0 saturated carbocycles. The normalized spacial score (nSPS) is 11.5. The number of rotatable bonds is 7. The van der Waals surface area contributed by atoms with E-state index in [0.29, 0.717) is 23.1 Å². The highest BCUT2D eigenvalue weighted by molar-refractivity contribution is 6.33. The lowest BCUT2D eigenvalue weighted by atomic mass is 10.1. The molecule has 0 aliphatic carbocycles. The summed E-state index contributed by atoms with van der Waals surface area (Å²) in [5.74, 6) is 0.235. The minimum atomic E-state index is 0.117. The maximum Gasteiger partial charge on any atom is 0.134 e. The zero-order chi connectivity index (χ0) is 19.4. The van der Waals surface area contributed by atoms with Crippen LogP contribution in [-0.4, -0.2) is 47.2 Å². The molecular weight excluding hydrogens is 371 g/mol. The number of benzene rings is 2. The summed E-state index contributed by atoms with van der Waals surface area (Å²) in [4.78, 5) is 4.34. The summed E-state index contributed by atoms with van der Waals surface area (Å²) in [5, 5.41) is 20.5. The molecule has 2 aromatic rings. The molecule has 0 spiro atoms. The van der Waals surface area contributed by atoms with Crippen molar-refractivity contribution in [1.82, 2.24) is 9.80 Å². The second-order valence-electron chi connectivity index (χ2n) is 6.86. The van der Waals surface area contributed by atoms with Crippen molar-refractivity contribution in [3.05, 3.63) is 56.6 Å².